The molecule has 0 atom stereocenters. The van der Waals surface area contributed by atoms with Gasteiger partial charge in [0.2, 0.25) is 0 Å². The first kappa shape index (κ1) is 9.63. The van der Waals surface area contributed by atoms with Crippen LogP contribution >= 0.6 is 23.2 Å². The van der Waals surface area contributed by atoms with Crippen LogP contribution in [0.1, 0.15) is 5.56 Å². The summed E-state index contributed by atoms with van der Waals surface area (Å²) in [5.74, 6) is 0. The molecule has 1 aromatic carbocycles. The molecule has 1 heterocycles. The number of aromatic nitrogens is 1. The summed E-state index contributed by atoms with van der Waals surface area (Å²) in [7, 11) is 0. The zero-order chi connectivity index (χ0) is 9.97. The second-order valence-electron chi connectivity index (χ2n) is 3.05. The number of hydrogen-bond acceptors (Lipinski definition) is 0. The van der Waals surface area contributed by atoms with Gasteiger partial charge in [-0.1, -0.05) is 53.5 Å². The van der Waals surface area contributed by atoms with Gasteiger partial charge in [0.25, 0.3) is 0 Å². The Morgan fingerprint density at radius 2 is 1.43 bits per heavy atom. The van der Waals surface area contributed by atoms with Gasteiger partial charge in [-0.15, -0.1) is 0 Å². The third kappa shape index (κ3) is 1.94. The van der Waals surface area contributed by atoms with Gasteiger partial charge in [0.1, 0.15) is 10.3 Å². The Bertz CT molecular complexity index is 401. The van der Waals surface area contributed by atoms with Crippen molar-refractivity contribution < 1.29 is 0 Å². The Labute approximate surface area is 92.9 Å². The Kier molecular flexibility index (Phi) is 2.80. The SMILES string of the molecule is Clc1ccc(Cl)n1Cc1ccccc1. The molecule has 0 aliphatic rings. The number of halogens is 2. The van der Waals surface area contributed by atoms with Gasteiger partial charge in [0.05, 0.1) is 0 Å². The van der Waals surface area contributed by atoms with Crippen LogP contribution in [0.5, 0.6) is 0 Å². The first-order chi connectivity index (χ1) is 6.77. The predicted octanol–water partition coefficient (Wildman–Crippen LogP) is 3.84. The summed E-state index contributed by atoms with van der Waals surface area (Å²) >= 11 is 11.9. The average Bonchev–Trinajstić information content (AvgIpc) is 2.51. The van der Waals surface area contributed by atoms with E-state index in [2.05, 4.69) is 0 Å². The quantitative estimate of drug-likeness (QED) is 0.733. The van der Waals surface area contributed by atoms with Crippen LogP contribution in [0.4, 0.5) is 0 Å². The molecule has 0 radical (unpaired) electrons. The molecular formula is C11H9Cl2N. The van der Waals surface area contributed by atoms with Gasteiger partial charge in [-0.25, -0.2) is 0 Å². The summed E-state index contributed by atoms with van der Waals surface area (Å²) in [6, 6.07) is 13.7. The van der Waals surface area contributed by atoms with Crippen molar-refractivity contribution in [3.05, 3.63) is 58.3 Å². The minimum Gasteiger partial charge on any atom is -0.318 e. The zero-order valence-electron chi connectivity index (χ0n) is 7.45. The third-order valence-corrected chi connectivity index (χ3v) is 2.72. The minimum atomic E-state index is 0.666. The van der Waals surface area contributed by atoms with E-state index in [-0.39, 0.29) is 0 Å². The van der Waals surface area contributed by atoms with Crippen molar-refractivity contribution in [2.24, 2.45) is 0 Å². The highest BCUT2D eigenvalue weighted by Gasteiger charge is 2.03. The number of rotatable bonds is 2. The van der Waals surface area contributed by atoms with Crippen molar-refractivity contribution in [3.8, 4) is 0 Å². The van der Waals surface area contributed by atoms with Gasteiger partial charge in [-0.05, 0) is 17.7 Å². The van der Waals surface area contributed by atoms with Crippen molar-refractivity contribution in [2.75, 3.05) is 0 Å². The molecule has 0 aliphatic carbocycles. The third-order valence-electron chi connectivity index (χ3n) is 2.06. The minimum absolute atomic E-state index is 0.666. The van der Waals surface area contributed by atoms with E-state index >= 15 is 0 Å². The van der Waals surface area contributed by atoms with Crippen molar-refractivity contribution in [3.63, 3.8) is 0 Å². The standard InChI is InChI=1S/C11H9Cl2N/c12-10-6-7-11(13)14(10)8-9-4-2-1-3-5-9/h1-7H,8H2. The molecule has 2 rings (SSSR count). The lowest BCUT2D eigenvalue weighted by Gasteiger charge is -2.06. The molecule has 0 fully saturated rings. The highest BCUT2D eigenvalue weighted by atomic mass is 35.5. The second-order valence-corrected chi connectivity index (χ2v) is 3.83. The van der Waals surface area contributed by atoms with Gasteiger partial charge >= 0.3 is 0 Å². The maximum atomic E-state index is 5.97. The van der Waals surface area contributed by atoms with Crippen LogP contribution in [0.3, 0.4) is 0 Å². The summed E-state index contributed by atoms with van der Waals surface area (Å²) in [5.41, 5.74) is 1.19. The molecule has 0 amide bonds. The van der Waals surface area contributed by atoms with E-state index in [9.17, 15) is 0 Å². The topological polar surface area (TPSA) is 4.93 Å². The number of benzene rings is 1. The van der Waals surface area contributed by atoms with Crippen LogP contribution in [0.25, 0.3) is 0 Å². The predicted molar refractivity (Wildman–Crippen MR) is 60.0 cm³/mol. The maximum Gasteiger partial charge on any atom is 0.110 e. The molecule has 3 heteroatoms. The molecule has 0 saturated carbocycles. The Morgan fingerprint density at radius 3 is 2.00 bits per heavy atom. The molecule has 0 aliphatic heterocycles. The number of nitrogens with zero attached hydrogens (tertiary/aromatic N) is 1. The fraction of sp³-hybridized carbons (Fsp3) is 0.0909. The lowest BCUT2D eigenvalue weighted by molar-refractivity contribution is 0.808. The van der Waals surface area contributed by atoms with Crippen LogP contribution in [0.15, 0.2) is 42.5 Å². The van der Waals surface area contributed by atoms with Gasteiger partial charge in [0.15, 0.2) is 0 Å². The summed E-state index contributed by atoms with van der Waals surface area (Å²) in [5, 5.41) is 1.33. The normalized spacial score (nSPS) is 10.4. The number of hydrogen-bond donors (Lipinski definition) is 0. The van der Waals surface area contributed by atoms with Crippen LogP contribution in [-0.4, -0.2) is 4.57 Å². The van der Waals surface area contributed by atoms with Gasteiger partial charge in [-0.2, -0.15) is 0 Å². The molecule has 2 aromatic rings. The van der Waals surface area contributed by atoms with Crippen molar-refractivity contribution in [2.45, 2.75) is 6.54 Å². The van der Waals surface area contributed by atoms with Crippen molar-refractivity contribution >= 4 is 23.2 Å². The molecule has 72 valence electrons. The van der Waals surface area contributed by atoms with Crippen LogP contribution in [0.2, 0.25) is 10.3 Å². The fourth-order valence-corrected chi connectivity index (χ4v) is 1.81. The Hall–Kier alpha value is -0.920. The van der Waals surface area contributed by atoms with E-state index in [1.807, 2.05) is 34.9 Å². The molecule has 0 unspecified atom stereocenters. The van der Waals surface area contributed by atoms with Crippen molar-refractivity contribution in [1.29, 1.82) is 0 Å². The average molecular weight is 226 g/mol. The van der Waals surface area contributed by atoms with Crippen LogP contribution in [-0.2, 0) is 6.54 Å². The Morgan fingerprint density at radius 1 is 0.857 bits per heavy atom. The molecule has 14 heavy (non-hydrogen) atoms. The highest BCUT2D eigenvalue weighted by molar-refractivity contribution is 6.33. The van der Waals surface area contributed by atoms with E-state index in [0.29, 0.717) is 16.9 Å². The van der Waals surface area contributed by atoms with Gasteiger partial charge in [0, 0.05) is 6.54 Å². The molecule has 1 nitrogen and oxygen atoms in total. The fourth-order valence-electron chi connectivity index (χ4n) is 1.34. The maximum absolute atomic E-state index is 5.97. The smallest absolute Gasteiger partial charge is 0.110 e. The lowest BCUT2D eigenvalue weighted by Crippen LogP contribution is -1.98. The zero-order valence-corrected chi connectivity index (χ0v) is 8.96. The van der Waals surface area contributed by atoms with E-state index in [4.69, 9.17) is 23.2 Å². The molecule has 0 spiro atoms. The second kappa shape index (κ2) is 4.07. The molecule has 0 saturated heterocycles. The molecule has 0 N–H and O–H groups in total. The highest BCUT2D eigenvalue weighted by Crippen LogP contribution is 2.20. The summed E-state index contributed by atoms with van der Waals surface area (Å²) < 4.78 is 1.86. The monoisotopic (exact) mass is 225 g/mol. The Balaban J connectivity index is 2.27. The first-order valence-corrected chi connectivity index (χ1v) is 5.07. The molecule has 0 bridgehead atoms. The van der Waals surface area contributed by atoms with Gasteiger partial charge < -0.3 is 4.57 Å². The lowest BCUT2D eigenvalue weighted by atomic mass is 10.2. The largest absolute Gasteiger partial charge is 0.318 e. The summed E-state index contributed by atoms with van der Waals surface area (Å²) in [4.78, 5) is 0. The van der Waals surface area contributed by atoms with Crippen molar-refractivity contribution in [1.82, 2.24) is 4.57 Å². The van der Waals surface area contributed by atoms with E-state index in [0.717, 1.165) is 0 Å². The van der Waals surface area contributed by atoms with E-state index in [1.54, 1.807) is 12.1 Å². The van der Waals surface area contributed by atoms with E-state index in [1.165, 1.54) is 5.56 Å². The van der Waals surface area contributed by atoms with Crippen LogP contribution in [0, 0.1) is 0 Å². The first-order valence-electron chi connectivity index (χ1n) is 4.32. The van der Waals surface area contributed by atoms with Crippen LogP contribution < -0.4 is 0 Å². The summed E-state index contributed by atoms with van der Waals surface area (Å²) in [6.45, 7) is 0.714. The molecular weight excluding hydrogens is 217 g/mol. The molecule has 1 aromatic heterocycles. The van der Waals surface area contributed by atoms with Gasteiger partial charge in [-0.3, -0.25) is 0 Å². The summed E-state index contributed by atoms with van der Waals surface area (Å²) in [6.07, 6.45) is 0. The van der Waals surface area contributed by atoms with E-state index < -0.39 is 0 Å².